The molecule has 4 heteroatoms. The zero-order chi connectivity index (χ0) is 10.5. The second-order valence-electron chi connectivity index (χ2n) is 4.31. The van der Waals surface area contributed by atoms with Crippen molar-refractivity contribution in [2.45, 2.75) is 19.4 Å². The third kappa shape index (κ3) is 8.23. The minimum absolute atomic E-state index is 0. The van der Waals surface area contributed by atoms with Crippen LogP contribution in [0.2, 0.25) is 0 Å². The van der Waals surface area contributed by atoms with Crippen LogP contribution in [0.25, 0.3) is 0 Å². The largest absolute Gasteiger partial charge is 1.00 e. The van der Waals surface area contributed by atoms with Gasteiger partial charge in [-0.1, -0.05) is 6.08 Å². The molecular formula is C10H21ClN2O. The zero-order valence-corrected chi connectivity index (χ0v) is 10.2. The summed E-state index contributed by atoms with van der Waals surface area (Å²) in [4.78, 5) is 11.2. The smallest absolute Gasteiger partial charge is 0.172 e. The maximum Gasteiger partial charge on any atom is 0.172 e. The Morgan fingerprint density at radius 2 is 1.93 bits per heavy atom. The Morgan fingerprint density at radius 3 is 2.29 bits per heavy atom. The van der Waals surface area contributed by atoms with Crippen LogP contribution in [0.1, 0.15) is 13.3 Å². The second kappa shape index (κ2) is 6.98. The van der Waals surface area contributed by atoms with Gasteiger partial charge in [-0.2, -0.15) is 0 Å². The lowest BCUT2D eigenvalue weighted by atomic mass is 10.1. The van der Waals surface area contributed by atoms with E-state index in [0.29, 0.717) is 0 Å². The number of nitrogens with zero attached hydrogens (tertiary/aromatic N) is 1. The molecule has 0 heterocycles. The minimum Gasteiger partial charge on any atom is -1.00 e. The standard InChI is InChI=1S/C10H21N2O.ClH/c1-5-6-10(13)9(11)7-8-12(2,3)4;/h5-6,9H,7-8,11H2,1-4H3;1H/q+1;/p-1. The molecule has 0 amide bonds. The summed E-state index contributed by atoms with van der Waals surface area (Å²) in [6.07, 6.45) is 4.02. The molecule has 0 saturated carbocycles. The Hall–Kier alpha value is -0.380. The molecule has 0 rings (SSSR count). The lowest BCUT2D eigenvalue weighted by Gasteiger charge is -2.24. The van der Waals surface area contributed by atoms with Crippen LogP contribution in [-0.2, 0) is 4.79 Å². The van der Waals surface area contributed by atoms with Gasteiger partial charge in [-0.3, -0.25) is 4.79 Å². The number of hydrogen-bond donors (Lipinski definition) is 1. The molecule has 0 saturated heterocycles. The number of ketones is 1. The maximum absolute atomic E-state index is 11.2. The fourth-order valence-corrected chi connectivity index (χ4v) is 0.957. The molecule has 0 fully saturated rings. The van der Waals surface area contributed by atoms with Crippen molar-refractivity contribution in [1.29, 1.82) is 0 Å². The normalized spacial score (nSPS) is 13.8. The van der Waals surface area contributed by atoms with Gasteiger partial charge in [0.1, 0.15) is 0 Å². The highest BCUT2D eigenvalue weighted by molar-refractivity contribution is 5.93. The number of quaternary nitrogens is 1. The van der Waals surface area contributed by atoms with E-state index >= 15 is 0 Å². The van der Waals surface area contributed by atoms with E-state index in [4.69, 9.17) is 5.73 Å². The van der Waals surface area contributed by atoms with Gasteiger partial charge >= 0.3 is 0 Å². The molecule has 0 aliphatic rings. The molecule has 0 spiro atoms. The van der Waals surface area contributed by atoms with Crippen LogP contribution in [0, 0.1) is 0 Å². The van der Waals surface area contributed by atoms with Gasteiger partial charge in [-0.25, -0.2) is 0 Å². The number of nitrogens with two attached hydrogens (primary N) is 1. The molecule has 0 aromatic carbocycles. The molecule has 84 valence electrons. The summed E-state index contributed by atoms with van der Waals surface area (Å²) in [5.41, 5.74) is 5.70. The van der Waals surface area contributed by atoms with Crippen molar-refractivity contribution >= 4 is 5.78 Å². The summed E-state index contributed by atoms with van der Waals surface area (Å²) >= 11 is 0. The van der Waals surface area contributed by atoms with Crippen molar-refractivity contribution in [2.75, 3.05) is 27.7 Å². The van der Waals surface area contributed by atoms with Gasteiger partial charge in [-0.05, 0) is 13.0 Å². The van der Waals surface area contributed by atoms with Crippen LogP contribution in [-0.4, -0.2) is 44.0 Å². The number of carbonyl (C=O) groups excluding carboxylic acids is 1. The van der Waals surface area contributed by atoms with E-state index in [2.05, 4.69) is 21.1 Å². The summed E-state index contributed by atoms with van der Waals surface area (Å²) in [5.74, 6) is 0.0240. The van der Waals surface area contributed by atoms with Crippen molar-refractivity contribution in [3.8, 4) is 0 Å². The van der Waals surface area contributed by atoms with Gasteiger partial charge in [0.2, 0.25) is 0 Å². The summed E-state index contributed by atoms with van der Waals surface area (Å²) in [5, 5.41) is 0. The Bertz CT molecular complexity index is 197. The number of carbonyl (C=O) groups is 1. The summed E-state index contributed by atoms with van der Waals surface area (Å²) in [6, 6.07) is -0.339. The molecule has 0 aromatic heterocycles. The molecule has 14 heavy (non-hydrogen) atoms. The third-order valence-electron chi connectivity index (χ3n) is 1.81. The zero-order valence-electron chi connectivity index (χ0n) is 9.46. The molecule has 3 nitrogen and oxygen atoms in total. The summed E-state index contributed by atoms with van der Waals surface area (Å²) in [7, 11) is 6.27. The quantitative estimate of drug-likeness (QED) is 0.413. The summed E-state index contributed by atoms with van der Waals surface area (Å²) < 4.78 is 0.844. The number of rotatable bonds is 5. The number of allylic oxidation sites excluding steroid dienone is 1. The topological polar surface area (TPSA) is 43.1 Å². The predicted octanol–water partition coefficient (Wildman–Crippen LogP) is -2.44. The van der Waals surface area contributed by atoms with Gasteiger partial charge in [0.25, 0.3) is 0 Å². The monoisotopic (exact) mass is 220 g/mol. The first-order valence-corrected chi connectivity index (χ1v) is 4.59. The summed E-state index contributed by atoms with van der Waals surface area (Å²) in [6.45, 7) is 2.74. The van der Waals surface area contributed by atoms with E-state index in [9.17, 15) is 4.79 Å². The highest BCUT2D eigenvalue weighted by Crippen LogP contribution is 1.98. The first-order valence-electron chi connectivity index (χ1n) is 4.59. The van der Waals surface area contributed by atoms with E-state index in [1.165, 1.54) is 0 Å². The van der Waals surface area contributed by atoms with Crippen LogP contribution in [0.4, 0.5) is 0 Å². The van der Waals surface area contributed by atoms with Crippen molar-refractivity contribution in [1.82, 2.24) is 0 Å². The maximum atomic E-state index is 11.2. The molecule has 0 aromatic rings. The van der Waals surface area contributed by atoms with Crippen molar-refractivity contribution in [3.05, 3.63) is 12.2 Å². The molecule has 1 atom stereocenters. The number of hydrogen-bond acceptors (Lipinski definition) is 2. The van der Waals surface area contributed by atoms with E-state index < -0.39 is 0 Å². The lowest BCUT2D eigenvalue weighted by molar-refractivity contribution is -0.870. The average Bonchev–Trinajstić information content (AvgIpc) is 1.99. The van der Waals surface area contributed by atoms with Gasteiger partial charge in [0.05, 0.1) is 33.7 Å². The number of halogens is 1. The van der Waals surface area contributed by atoms with Crippen molar-refractivity contribution in [2.24, 2.45) is 5.73 Å². The fourth-order valence-electron chi connectivity index (χ4n) is 0.957. The van der Waals surface area contributed by atoms with Crippen LogP contribution in [0.5, 0.6) is 0 Å². The molecule has 0 aliphatic carbocycles. The molecule has 0 aliphatic heterocycles. The van der Waals surface area contributed by atoms with Crippen LogP contribution in [0.15, 0.2) is 12.2 Å². The van der Waals surface area contributed by atoms with Gasteiger partial charge < -0.3 is 22.6 Å². The molecule has 0 radical (unpaired) electrons. The second-order valence-corrected chi connectivity index (χ2v) is 4.31. The minimum atomic E-state index is -0.339. The lowest BCUT2D eigenvalue weighted by Crippen LogP contribution is -3.00. The van der Waals surface area contributed by atoms with Crippen LogP contribution < -0.4 is 18.1 Å². The fraction of sp³-hybridized carbons (Fsp3) is 0.700. The molecule has 2 N–H and O–H groups in total. The average molecular weight is 221 g/mol. The predicted molar refractivity (Wildman–Crippen MR) is 55.3 cm³/mol. The highest BCUT2D eigenvalue weighted by atomic mass is 35.5. The van der Waals surface area contributed by atoms with Crippen molar-refractivity contribution in [3.63, 3.8) is 0 Å². The Morgan fingerprint density at radius 1 is 1.43 bits per heavy atom. The first kappa shape index (κ1) is 16.1. The Labute approximate surface area is 93.0 Å². The van der Waals surface area contributed by atoms with Crippen molar-refractivity contribution < 1.29 is 21.7 Å². The Balaban J connectivity index is 0. The molecule has 1 unspecified atom stereocenters. The first-order chi connectivity index (χ1) is 5.87. The van der Waals surface area contributed by atoms with E-state index in [-0.39, 0.29) is 24.2 Å². The van der Waals surface area contributed by atoms with Gasteiger partial charge in [0, 0.05) is 6.42 Å². The van der Waals surface area contributed by atoms with Gasteiger partial charge in [0.15, 0.2) is 5.78 Å². The van der Waals surface area contributed by atoms with E-state index in [1.807, 2.05) is 6.92 Å². The third-order valence-corrected chi connectivity index (χ3v) is 1.81. The van der Waals surface area contributed by atoms with E-state index in [0.717, 1.165) is 17.4 Å². The SMILES string of the molecule is CC=CC(=O)C(N)CC[N+](C)(C)C.[Cl-]. The van der Waals surface area contributed by atoms with Crippen LogP contribution in [0.3, 0.4) is 0 Å². The molecular weight excluding hydrogens is 200 g/mol. The Kier molecular flexibility index (Phi) is 8.01. The van der Waals surface area contributed by atoms with Crippen LogP contribution >= 0.6 is 0 Å². The van der Waals surface area contributed by atoms with Gasteiger partial charge in [-0.15, -0.1) is 0 Å². The highest BCUT2D eigenvalue weighted by Gasteiger charge is 2.14. The molecule has 0 bridgehead atoms. The van der Waals surface area contributed by atoms with E-state index in [1.54, 1.807) is 12.2 Å².